The molecule has 0 unspecified atom stereocenters. The van der Waals surface area contributed by atoms with Crippen LogP contribution in [-0.4, -0.2) is 5.11 Å². The van der Waals surface area contributed by atoms with Gasteiger partial charge in [-0.1, -0.05) is 29.7 Å². The summed E-state index contributed by atoms with van der Waals surface area (Å²) < 4.78 is 13.4. The first kappa shape index (κ1) is 14.2. The minimum absolute atomic E-state index is 0.148. The van der Waals surface area contributed by atoms with Crippen LogP contribution in [0.5, 0.6) is 0 Å². The van der Waals surface area contributed by atoms with Gasteiger partial charge in [0.1, 0.15) is 11.5 Å². The fraction of sp³-hybridized carbons (Fsp3) is 0.0667. The molecule has 0 saturated heterocycles. The topological polar surface area (TPSA) is 56.4 Å². The number of benzene rings is 2. The smallest absolute Gasteiger partial charge is 0.123 e. The molecular formula is C15H10ClFN2O. The molecule has 3 nitrogen and oxygen atoms in total. The van der Waals surface area contributed by atoms with Gasteiger partial charge >= 0.3 is 0 Å². The van der Waals surface area contributed by atoms with Crippen molar-refractivity contribution in [2.24, 2.45) is 5.11 Å². The van der Waals surface area contributed by atoms with Crippen LogP contribution in [0.4, 0.5) is 10.1 Å². The first-order valence-corrected chi connectivity index (χ1v) is 6.06. The number of terminal acetylenes is 1. The van der Waals surface area contributed by atoms with Crippen molar-refractivity contribution in [3.8, 4) is 23.5 Å². The molecule has 20 heavy (non-hydrogen) atoms. The highest BCUT2D eigenvalue weighted by atomic mass is 35.5. The highest BCUT2D eigenvalue weighted by Gasteiger charge is 2.17. The van der Waals surface area contributed by atoms with Crippen LogP contribution in [0.15, 0.2) is 35.4 Å². The monoisotopic (exact) mass is 288 g/mol. The molecule has 2 rings (SSSR count). The van der Waals surface area contributed by atoms with Gasteiger partial charge in [0.25, 0.3) is 0 Å². The summed E-state index contributed by atoms with van der Waals surface area (Å²) in [6.07, 6.45) is 5.38. The molecule has 0 aliphatic carbocycles. The number of halogens is 2. The molecule has 0 heterocycles. The predicted molar refractivity (Wildman–Crippen MR) is 75.5 cm³/mol. The lowest BCUT2D eigenvalue weighted by Gasteiger charge is -2.13. The number of aliphatic hydroxyl groups is 1. The standard InChI is InChI=1S/C15H10ClFN2O/c1-2-12-13(16)7-10(8-20)14(15(12)19-18)9-4-3-5-11(17)6-9/h1,3-7,18,20H,8H2. The summed E-state index contributed by atoms with van der Waals surface area (Å²) in [5.41, 5.74) is 9.02. The molecule has 0 saturated carbocycles. The molecule has 0 bridgehead atoms. The minimum Gasteiger partial charge on any atom is -0.392 e. The molecule has 0 atom stereocenters. The maximum Gasteiger partial charge on any atom is 0.123 e. The Bertz CT molecular complexity index is 723. The second-order valence-corrected chi connectivity index (χ2v) is 4.45. The van der Waals surface area contributed by atoms with Gasteiger partial charge in [-0.05, 0) is 29.3 Å². The van der Waals surface area contributed by atoms with Gasteiger partial charge in [0.15, 0.2) is 0 Å². The van der Waals surface area contributed by atoms with E-state index in [0.29, 0.717) is 16.7 Å². The summed E-state index contributed by atoms with van der Waals surface area (Å²) in [6, 6.07) is 7.28. The molecule has 0 fully saturated rings. The van der Waals surface area contributed by atoms with Crippen molar-refractivity contribution in [2.45, 2.75) is 6.61 Å². The molecular weight excluding hydrogens is 279 g/mol. The van der Waals surface area contributed by atoms with Crippen molar-refractivity contribution < 1.29 is 9.50 Å². The predicted octanol–water partition coefficient (Wildman–Crippen LogP) is 4.28. The largest absolute Gasteiger partial charge is 0.392 e. The van der Waals surface area contributed by atoms with E-state index in [1.807, 2.05) is 0 Å². The van der Waals surface area contributed by atoms with E-state index in [1.54, 1.807) is 6.07 Å². The molecule has 2 aromatic rings. The van der Waals surface area contributed by atoms with E-state index in [9.17, 15) is 9.50 Å². The van der Waals surface area contributed by atoms with Crippen molar-refractivity contribution in [3.05, 3.63) is 52.3 Å². The van der Waals surface area contributed by atoms with E-state index in [2.05, 4.69) is 11.0 Å². The summed E-state index contributed by atoms with van der Waals surface area (Å²) in [4.78, 5) is 0. The number of hydrogen-bond donors (Lipinski definition) is 2. The van der Waals surface area contributed by atoms with E-state index in [0.717, 1.165) is 0 Å². The van der Waals surface area contributed by atoms with Crippen LogP contribution in [0.3, 0.4) is 0 Å². The molecule has 0 aromatic heterocycles. The lowest BCUT2D eigenvalue weighted by atomic mass is 9.95. The van der Waals surface area contributed by atoms with Crippen LogP contribution in [0.25, 0.3) is 11.1 Å². The Morgan fingerprint density at radius 3 is 2.70 bits per heavy atom. The fourth-order valence-electron chi connectivity index (χ4n) is 2.03. The van der Waals surface area contributed by atoms with Crippen molar-refractivity contribution >= 4 is 17.3 Å². The third-order valence-electron chi connectivity index (χ3n) is 2.87. The minimum atomic E-state index is -0.431. The normalized spacial score (nSPS) is 10.1. The van der Waals surface area contributed by atoms with E-state index in [1.165, 1.54) is 24.3 Å². The summed E-state index contributed by atoms with van der Waals surface area (Å²) >= 11 is 6.01. The molecule has 2 N–H and O–H groups in total. The first-order valence-electron chi connectivity index (χ1n) is 5.68. The maximum absolute atomic E-state index is 13.4. The molecule has 0 amide bonds. The van der Waals surface area contributed by atoms with E-state index >= 15 is 0 Å². The number of nitrogens with one attached hydrogen (secondary N) is 1. The van der Waals surface area contributed by atoms with Gasteiger partial charge in [0.2, 0.25) is 0 Å². The quantitative estimate of drug-likeness (QED) is 0.643. The Morgan fingerprint density at radius 2 is 2.15 bits per heavy atom. The summed E-state index contributed by atoms with van der Waals surface area (Å²) in [5, 5.41) is 13.1. The molecule has 0 spiro atoms. The van der Waals surface area contributed by atoms with Gasteiger partial charge < -0.3 is 5.11 Å². The second kappa shape index (κ2) is 5.83. The van der Waals surface area contributed by atoms with Crippen LogP contribution in [-0.2, 0) is 6.61 Å². The van der Waals surface area contributed by atoms with Crippen LogP contribution in [0.2, 0.25) is 5.02 Å². The van der Waals surface area contributed by atoms with Gasteiger partial charge in [-0.3, -0.25) is 0 Å². The van der Waals surface area contributed by atoms with Gasteiger partial charge in [0, 0.05) is 5.56 Å². The molecule has 100 valence electrons. The van der Waals surface area contributed by atoms with Gasteiger partial charge in [0.05, 0.1) is 17.2 Å². The highest BCUT2D eigenvalue weighted by Crippen LogP contribution is 2.40. The summed E-state index contributed by atoms with van der Waals surface area (Å²) in [6.45, 7) is -0.320. The average molecular weight is 289 g/mol. The Labute approximate surface area is 120 Å². The Morgan fingerprint density at radius 1 is 1.40 bits per heavy atom. The van der Waals surface area contributed by atoms with Crippen LogP contribution >= 0.6 is 11.6 Å². The number of hydrogen-bond acceptors (Lipinski definition) is 3. The molecule has 0 radical (unpaired) electrons. The van der Waals surface area contributed by atoms with E-state index in [-0.39, 0.29) is 22.9 Å². The lowest BCUT2D eigenvalue weighted by Crippen LogP contribution is -1.94. The third kappa shape index (κ3) is 2.42. The second-order valence-electron chi connectivity index (χ2n) is 4.04. The van der Waals surface area contributed by atoms with Crippen LogP contribution in [0, 0.1) is 23.7 Å². The number of nitrogens with zero attached hydrogens (tertiary/aromatic N) is 1. The fourth-order valence-corrected chi connectivity index (χ4v) is 2.30. The van der Waals surface area contributed by atoms with Crippen LogP contribution < -0.4 is 0 Å². The Kier molecular flexibility index (Phi) is 4.14. The Hall–Kier alpha value is -2.22. The third-order valence-corrected chi connectivity index (χ3v) is 3.17. The summed E-state index contributed by atoms with van der Waals surface area (Å²) in [5.74, 6) is 1.94. The first-order chi connectivity index (χ1) is 9.62. The SMILES string of the molecule is C#Cc1c(Cl)cc(CO)c(-c2cccc(F)c2)c1N=N. The maximum atomic E-state index is 13.4. The average Bonchev–Trinajstić information content (AvgIpc) is 2.45. The van der Waals surface area contributed by atoms with Gasteiger partial charge in [-0.25, -0.2) is 9.92 Å². The van der Waals surface area contributed by atoms with Crippen molar-refractivity contribution in [1.29, 1.82) is 5.53 Å². The Balaban J connectivity index is 2.86. The van der Waals surface area contributed by atoms with Crippen molar-refractivity contribution in [1.82, 2.24) is 0 Å². The zero-order valence-electron chi connectivity index (χ0n) is 10.3. The van der Waals surface area contributed by atoms with E-state index < -0.39 is 5.82 Å². The number of aliphatic hydroxyl groups excluding tert-OH is 1. The summed E-state index contributed by atoms with van der Waals surface area (Å²) in [7, 11) is 0. The van der Waals surface area contributed by atoms with E-state index in [4.69, 9.17) is 23.6 Å². The highest BCUT2D eigenvalue weighted by molar-refractivity contribution is 6.32. The lowest BCUT2D eigenvalue weighted by molar-refractivity contribution is 0.282. The molecule has 5 heteroatoms. The molecule has 0 aliphatic rings. The van der Waals surface area contributed by atoms with Gasteiger partial charge in [-0.15, -0.1) is 6.42 Å². The van der Waals surface area contributed by atoms with Crippen molar-refractivity contribution in [2.75, 3.05) is 0 Å². The zero-order valence-corrected chi connectivity index (χ0v) is 11.1. The molecule has 2 aromatic carbocycles. The number of rotatable bonds is 3. The zero-order chi connectivity index (χ0) is 14.7. The van der Waals surface area contributed by atoms with Crippen molar-refractivity contribution in [3.63, 3.8) is 0 Å². The van der Waals surface area contributed by atoms with Gasteiger partial charge in [-0.2, -0.15) is 5.11 Å². The molecule has 0 aliphatic heterocycles. The van der Waals surface area contributed by atoms with Crippen LogP contribution in [0.1, 0.15) is 11.1 Å².